The zero-order valence-corrected chi connectivity index (χ0v) is 10.8. The van der Waals surface area contributed by atoms with Crippen molar-refractivity contribution < 1.29 is 0 Å². The van der Waals surface area contributed by atoms with Gasteiger partial charge in [-0.05, 0) is 17.7 Å². The van der Waals surface area contributed by atoms with Crippen LogP contribution >= 0.6 is 15.9 Å². The Hall–Kier alpha value is -1.61. The smallest absolute Gasteiger partial charge is 0.0686 e. The van der Waals surface area contributed by atoms with Gasteiger partial charge in [-0.1, -0.05) is 52.3 Å². The Balaban J connectivity index is 2.03. The lowest BCUT2D eigenvalue weighted by Gasteiger charge is -2.05. The van der Waals surface area contributed by atoms with E-state index >= 15 is 0 Å². The lowest BCUT2D eigenvalue weighted by molar-refractivity contribution is 0.710. The number of nitrogens with zero attached hydrogens (tertiary/aromatic N) is 2. The van der Waals surface area contributed by atoms with E-state index in [1.165, 1.54) is 16.5 Å². The van der Waals surface area contributed by atoms with Gasteiger partial charge in [0.15, 0.2) is 0 Å². The maximum Gasteiger partial charge on any atom is 0.0686 e. The van der Waals surface area contributed by atoms with Gasteiger partial charge >= 0.3 is 0 Å². The summed E-state index contributed by atoms with van der Waals surface area (Å²) in [6.07, 6.45) is 1.91. The first-order chi connectivity index (χ1) is 8.34. The van der Waals surface area contributed by atoms with Crippen LogP contribution in [0, 0.1) is 0 Å². The molecule has 0 unspecified atom stereocenters. The van der Waals surface area contributed by atoms with Gasteiger partial charge in [0.2, 0.25) is 0 Å². The van der Waals surface area contributed by atoms with Crippen molar-refractivity contribution in [1.29, 1.82) is 0 Å². The fourth-order valence-corrected chi connectivity index (χ4v) is 2.35. The van der Waals surface area contributed by atoms with Gasteiger partial charge < -0.3 is 0 Å². The van der Waals surface area contributed by atoms with E-state index in [4.69, 9.17) is 0 Å². The monoisotopic (exact) mass is 286 g/mol. The molecule has 0 N–H and O–H groups in total. The molecule has 84 valence electrons. The summed E-state index contributed by atoms with van der Waals surface area (Å²) in [7, 11) is 0. The Labute approximate surface area is 108 Å². The molecule has 0 radical (unpaired) electrons. The third kappa shape index (κ3) is 1.98. The quantitative estimate of drug-likeness (QED) is 0.700. The van der Waals surface area contributed by atoms with E-state index in [1.54, 1.807) is 0 Å². The molecule has 0 atom stereocenters. The summed E-state index contributed by atoms with van der Waals surface area (Å²) in [5.74, 6) is 0. The van der Waals surface area contributed by atoms with Crippen molar-refractivity contribution in [3.63, 3.8) is 0 Å². The van der Waals surface area contributed by atoms with Crippen LogP contribution in [-0.4, -0.2) is 9.78 Å². The zero-order chi connectivity index (χ0) is 11.7. The van der Waals surface area contributed by atoms with Crippen LogP contribution in [0.3, 0.4) is 0 Å². The fourth-order valence-electron chi connectivity index (χ4n) is 1.94. The van der Waals surface area contributed by atoms with E-state index in [-0.39, 0.29) is 0 Å². The highest BCUT2D eigenvalue weighted by Crippen LogP contribution is 2.19. The second-order valence-electron chi connectivity index (χ2n) is 3.95. The van der Waals surface area contributed by atoms with Crippen LogP contribution in [0.1, 0.15) is 5.56 Å². The number of fused-ring (bicyclic) bond motifs is 1. The third-order valence-corrected chi connectivity index (χ3v) is 3.60. The second-order valence-corrected chi connectivity index (χ2v) is 4.81. The molecule has 1 aromatic heterocycles. The minimum atomic E-state index is 0.787. The van der Waals surface area contributed by atoms with Crippen LogP contribution in [0.15, 0.2) is 59.2 Å². The Morgan fingerprint density at radius 3 is 2.65 bits per heavy atom. The fraction of sp³-hybridized carbons (Fsp3) is 0.0714. The molecular formula is C14H11BrN2. The van der Waals surface area contributed by atoms with E-state index < -0.39 is 0 Å². The number of hydrogen-bond donors (Lipinski definition) is 0. The minimum absolute atomic E-state index is 0.787. The Morgan fingerprint density at radius 2 is 1.76 bits per heavy atom. The Bertz CT molecular complexity index is 658. The number of rotatable bonds is 2. The molecule has 0 fully saturated rings. The van der Waals surface area contributed by atoms with E-state index in [9.17, 15) is 0 Å². The highest BCUT2D eigenvalue weighted by Gasteiger charge is 2.04. The zero-order valence-electron chi connectivity index (χ0n) is 9.18. The molecule has 0 saturated heterocycles. The maximum atomic E-state index is 4.43. The molecule has 0 aliphatic heterocycles. The van der Waals surface area contributed by atoms with Crippen LogP contribution in [0.25, 0.3) is 10.9 Å². The Morgan fingerprint density at radius 1 is 1.00 bits per heavy atom. The van der Waals surface area contributed by atoms with Gasteiger partial charge in [0.1, 0.15) is 0 Å². The molecule has 0 aliphatic carbocycles. The van der Waals surface area contributed by atoms with Crippen LogP contribution in [0.4, 0.5) is 0 Å². The number of aromatic nitrogens is 2. The van der Waals surface area contributed by atoms with Crippen molar-refractivity contribution in [2.24, 2.45) is 0 Å². The molecule has 3 aromatic rings. The van der Waals surface area contributed by atoms with Gasteiger partial charge in [-0.25, -0.2) is 0 Å². The first-order valence-corrected chi connectivity index (χ1v) is 6.28. The molecule has 3 heteroatoms. The number of para-hydroxylation sites is 1. The van der Waals surface area contributed by atoms with Gasteiger partial charge in [0.25, 0.3) is 0 Å². The van der Waals surface area contributed by atoms with Crippen molar-refractivity contribution >= 4 is 26.8 Å². The number of halogens is 1. The lowest BCUT2D eigenvalue weighted by Crippen LogP contribution is -2.01. The second kappa shape index (κ2) is 4.34. The van der Waals surface area contributed by atoms with Gasteiger partial charge in [-0.2, -0.15) is 5.10 Å². The average Bonchev–Trinajstić information content (AvgIpc) is 2.76. The standard InChI is InChI=1S/C14H11BrN2/c15-13-7-3-1-6-12(13)10-17-14-8-4-2-5-11(14)9-16-17/h1-9H,10H2. The minimum Gasteiger partial charge on any atom is -0.260 e. The summed E-state index contributed by atoms with van der Waals surface area (Å²) < 4.78 is 3.15. The van der Waals surface area contributed by atoms with Gasteiger partial charge in [-0.3, -0.25) is 4.68 Å². The van der Waals surface area contributed by atoms with Gasteiger partial charge in [0, 0.05) is 9.86 Å². The maximum absolute atomic E-state index is 4.43. The number of benzene rings is 2. The first-order valence-electron chi connectivity index (χ1n) is 5.48. The molecule has 1 heterocycles. The van der Waals surface area contributed by atoms with Crippen molar-refractivity contribution in [1.82, 2.24) is 9.78 Å². The summed E-state index contributed by atoms with van der Waals surface area (Å²) in [6, 6.07) is 16.5. The molecule has 2 aromatic carbocycles. The molecular weight excluding hydrogens is 276 g/mol. The normalized spacial score (nSPS) is 10.9. The van der Waals surface area contributed by atoms with E-state index in [1.807, 2.05) is 35.1 Å². The van der Waals surface area contributed by atoms with Crippen LogP contribution in [-0.2, 0) is 6.54 Å². The summed E-state index contributed by atoms with van der Waals surface area (Å²) in [5.41, 5.74) is 2.41. The first kappa shape index (κ1) is 10.5. The van der Waals surface area contributed by atoms with Crippen LogP contribution in [0.2, 0.25) is 0 Å². The largest absolute Gasteiger partial charge is 0.260 e. The number of hydrogen-bond acceptors (Lipinski definition) is 1. The van der Waals surface area contributed by atoms with Gasteiger partial charge in [0.05, 0.1) is 18.3 Å². The molecule has 0 spiro atoms. The van der Waals surface area contributed by atoms with E-state index in [2.05, 4.69) is 45.3 Å². The molecule has 17 heavy (non-hydrogen) atoms. The summed E-state index contributed by atoms with van der Waals surface area (Å²) in [4.78, 5) is 0. The van der Waals surface area contributed by atoms with Crippen LogP contribution in [0.5, 0.6) is 0 Å². The van der Waals surface area contributed by atoms with Crippen molar-refractivity contribution in [3.8, 4) is 0 Å². The predicted octanol–water partition coefficient (Wildman–Crippen LogP) is 3.85. The Kier molecular flexibility index (Phi) is 2.69. The molecule has 3 rings (SSSR count). The molecule has 0 saturated carbocycles. The van der Waals surface area contributed by atoms with Crippen LogP contribution < -0.4 is 0 Å². The highest BCUT2D eigenvalue weighted by atomic mass is 79.9. The summed E-state index contributed by atoms with van der Waals surface area (Å²) in [6.45, 7) is 0.787. The highest BCUT2D eigenvalue weighted by molar-refractivity contribution is 9.10. The van der Waals surface area contributed by atoms with Crippen molar-refractivity contribution in [2.45, 2.75) is 6.54 Å². The van der Waals surface area contributed by atoms with Crippen molar-refractivity contribution in [2.75, 3.05) is 0 Å². The molecule has 0 bridgehead atoms. The summed E-state index contributed by atoms with van der Waals surface area (Å²) >= 11 is 3.56. The predicted molar refractivity (Wildman–Crippen MR) is 73.0 cm³/mol. The van der Waals surface area contributed by atoms with E-state index in [0.717, 1.165) is 11.0 Å². The van der Waals surface area contributed by atoms with E-state index in [0.29, 0.717) is 0 Å². The molecule has 2 nitrogen and oxygen atoms in total. The summed E-state index contributed by atoms with van der Waals surface area (Å²) in [5, 5.41) is 5.61. The topological polar surface area (TPSA) is 17.8 Å². The third-order valence-electron chi connectivity index (χ3n) is 2.83. The van der Waals surface area contributed by atoms with Crippen molar-refractivity contribution in [3.05, 3.63) is 64.8 Å². The average molecular weight is 287 g/mol. The molecule has 0 amide bonds. The molecule has 0 aliphatic rings. The SMILES string of the molecule is Brc1ccccc1Cn1ncc2ccccc21. The van der Waals surface area contributed by atoms with Gasteiger partial charge in [-0.15, -0.1) is 0 Å². The lowest BCUT2D eigenvalue weighted by atomic mass is 10.2.